The van der Waals surface area contributed by atoms with Gasteiger partial charge < -0.3 is 15.2 Å². The van der Waals surface area contributed by atoms with Crippen molar-refractivity contribution in [2.24, 2.45) is 5.92 Å². The summed E-state index contributed by atoms with van der Waals surface area (Å²) in [5, 5.41) is 4.25. The van der Waals surface area contributed by atoms with E-state index in [4.69, 9.17) is 0 Å². The van der Waals surface area contributed by atoms with Gasteiger partial charge in [0, 0.05) is 29.7 Å². The largest absolute Gasteiger partial charge is 0.360 e. The fourth-order valence-electron chi connectivity index (χ4n) is 3.63. The monoisotopic (exact) mass is 269 g/mol. The number of carbonyl (C=O) groups is 1. The molecule has 3 fully saturated rings. The molecule has 3 aliphatic heterocycles. The maximum Gasteiger partial charge on any atom is 0.253 e. The molecule has 0 aliphatic carbocycles. The van der Waals surface area contributed by atoms with Crippen molar-refractivity contribution in [3.63, 3.8) is 0 Å². The highest BCUT2D eigenvalue weighted by molar-refractivity contribution is 6.06. The molecule has 2 aromatic rings. The van der Waals surface area contributed by atoms with Gasteiger partial charge >= 0.3 is 0 Å². The number of piperidine rings is 3. The molecule has 0 unspecified atom stereocenters. The van der Waals surface area contributed by atoms with Gasteiger partial charge in [-0.15, -0.1) is 0 Å². The maximum atomic E-state index is 12.5. The van der Waals surface area contributed by atoms with E-state index in [1.54, 1.807) is 0 Å². The van der Waals surface area contributed by atoms with Crippen LogP contribution in [0.4, 0.5) is 0 Å². The van der Waals surface area contributed by atoms with Crippen molar-refractivity contribution in [1.82, 2.24) is 15.2 Å². The Morgan fingerprint density at radius 2 is 2.05 bits per heavy atom. The number of nitrogens with one attached hydrogen (secondary N) is 2. The predicted molar refractivity (Wildman–Crippen MR) is 78.7 cm³/mol. The Bertz CT molecular complexity index is 640. The van der Waals surface area contributed by atoms with Crippen LogP contribution < -0.4 is 5.32 Å². The van der Waals surface area contributed by atoms with E-state index in [2.05, 4.69) is 15.2 Å². The Morgan fingerprint density at radius 3 is 2.80 bits per heavy atom. The van der Waals surface area contributed by atoms with Gasteiger partial charge in [0.25, 0.3) is 5.91 Å². The van der Waals surface area contributed by atoms with Crippen LogP contribution in [0.5, 0.6) is 0 Å². The third-order valence-corrected chi connectivity index (χ3v) is 4.81. The minimum atomic E-state index is 0.0567. The Hall–Kier alpha value is -1.81. The van der Waals surface area contributed by atoms with Crippen LogP contribution in [0.25, 0.3) is 10.9 Å². The lowest BCUT2D eigenvalue weighted by molar-refractivity contribution is 0.0621. The first-order chi connectivity index (χ1) is 9.81. The zero-order valence-electron chi connectivity index (χ0n) is 11.4. The normalized spacial score (nSPS) is 28.7. The molecule has 1 atom stereocenters. The first kappa shape index (κ1) is 12.0. The van der Waals surface area contributed by atoms with Gasteiger partial charge in [0.15, 0.2) is 0 Å². The van der Waals surface area contributed by atoms with Crippen LogP contribution in [0.15, 0.2) is 30.5 Å². The summed E-state index contributed by atoms with van der Waals surface area (Å²) in [6.07, 6.45) is 4.26. The highest BCUT2D eigenvalue weighted by Crippen LogP contribution is 2.28. The van der Waals surface area contributed by atoms with Gasteiger partial charge in [-0.25, -0.2) is 0 Å². The van der Waals surface area contributed by atoms with E-state index in [0.717, 1.165) is 23.0 Å². The number of benzene rings is 1. The van der Waals surface area contributed by atoms with Gasteiger partial charge in [-0.3, -0.25) is 4.79 Å². The van der Waals surface area contributed by atoms with Crippen molar-refractivity contribution in [2.45, 2.75) is 18.9 Å². The van der Waals surface area contributed by atoms with Gasteiger partial charge in [0.2, 0.25) is 0 Å². The topological polar surface area (TPSA) is 48.1 Å². The molecule has 5 rings (SSSR count). The number of para-hydroxylation sites is 1. The van der Waals surface area contributed by atoms with Crippen LogP contribution in [0.1, 0.15) is 23.2 Å². The lowest BCUT2D eigenvalue weighted by Crippen LogP contribution is -2.57. The standard InChI is InChI=1S/C16H19N3O/c20-16(13-9-17-14-4-2-1-3-12(13)14)18-15-10-19-7-5-11(15)6-8-19/h1-4,9,11,15,17H,5-8,10H2,(H,18,20)/t15-/m0/s1. The molecule has 1 aromatic carbocycles. The fourth-order valence-corrected chi connectivity index (χ4v) is 3.63. The molecule has 3 saturated heterocycles. The summed E-state index contributed by atoms with van der Waals surface area (Å²) >= 11 is 0. The lowest BCUT2D eigenvalue weighted by Gasteiger charge is -2.44. The summed E-state index contributed by atoms with van der Waals surface area (Å²) in [7, 11) is 0. The fraction of sp³-hybridized carbons (Fsp3) is 0.438. The molecule has 104 valence electrons. The van der Waals surface area contributed by atoms with Crippen LogP contribution in [-0.4, -0.2) is 41.5 Å². The Labute approximate surface area is 118 Å². The zero-order chi connectivity index (χ0) is 13.5. The van der Waals surface area contributed by atoms with Crippen molar-refractivity contribution in [3.8, 4) is 0 Å². The highest BCUT2D eigenvalue weighted by Gasteiger charge is 2.35. The molecule has 4 nitrogen and oxygen atoms in total. The predicted octanol–water partition coefficient (Wildman–Crippen LogP) is 1.99. The minimum Gasteiger partial charge on any atom is -0.360 e. The molecule has 0 radical (unpaired) electrons. The van der Waals surface area contributed by atoms with Crippen LogP contribution in [0.2, 0.25) is 0 Å². The summed E-state index contributed by atoms with van der Waals surface area (Å²) in [5.74, 6) is 0.718. The van der Waals surface area contributed by atoms with Crippen LogP contribution in [-0.2, 0) is 0 Å². The molecule has 0 spiro atoms. The first-order valence-electron chi connectivity index (χ1n) is 7.40. The number of hydrogen-bond acceptors (Lipinski definition) is 2. The number of H-pyrrole nitrogens is 1. The van der Waals surface area contributed by atoms with E-state index >= 15 is 0 Å². The SMILES string of the molecule is O=C(N[C@H]1CN2CCC1CC2)c1c[nH]c2ccccc12. The Morgan fingerprint density at radius 1 is 1.25 bits per heavy atom. The molecular formula is C16H19N3O. The van der Waals surface area contributed by atoms with Crippen molar-refractivity contribution in [3.05, 3.63) is 36.0 Å². The van der Waals surface area contributed by atoms with Gasteiger partial charge in [-0.05, 0) is 37.9 Å². The number of aromatic nitrogens is 1. The van der Waals surface area contributed by atoms with Crippen LogP contribution >= 0.6 is 0 Å². The second-order valence-corrected chi connectivity index (χ2v) is 5.97. The van der Waals surface area contributed by atoms with E-state index in [1.165, 1.54) is 25.9 Å². The van der Waals surface area contributed by atoms with Gasteiger partial charge in [0.05, 0.1) is 5.56 Å². The molecule has 2 bridgehead atoms. The van der Waals surface area contributed by atoms with Crippen molar-refractivity contribution in [2.75, 3.05) is 19.6 Å². The number of fused-ring (bicyclic) bond motifs is 4. The Kier molecular flexibility index (Phi) is 2.77. The third-order valence-electron chi connectivity index (χ3n) is 4.81. The van der Waals surface area contributed by atoms with E-state index in [0.29, 0.717) is 12.0 Å². The molecular weight excluding hydrogens is 250 g/mol. The molecule has 1 aromatic heterocycles. The zero-order valence-corrected chi connectivity index (χ0v) is 11.4. The van der Waals surface area contributed by atoms with Gasteiger partial charge in [-0.2, -0.15) is 0 Å². The summed E-state index contributed by atoms with van der Waals surface area (Å²) in [6.45, 7) is 3.41. The first-order valence-corrected chi connectivity index (χ1v) is 7.40. The second-order valence-electron chi connectivity index (χ2n) is 5.97. The average molecular weight is 269 g/mol. The van der Waals surface area contributed by atoms with Crippen LogP contribution in [0, 0.1) is 5.92 Å². The minimum absolute atomic E-state index is 0.0567. The van der Waals surface area contributed by atoms with Gasteiger partial charge in [0.1, 0.15) is 0 Å². The van der Waals surface area contributed by atoms with E-state index in [-0.39, 0.29) is 5.91 Å². The summed E-state index contributed by atoms with van der Waals surface area (Å²) in [5.41, 5.74) is 1.78. The summed E-state index contributed by atoms with van der Waals surface area (Å²) in [4.78, 5) is 18.1. The van der Waals surface area contributed by atoms with E-state index in [9.17, 15) is 4.79 Å². The van der Waals surface area contributed by atoms with Crippen LogP contribution in [0.3, 0.4) is 0 Å². The maximum absolute atomic E-state index is 12.5. The van der Waals surface area contributed by atoms with Crippen molar-refractivity contribution < 1.29 is 4.79 Å². The number of carbonyl (C=O) groups excluding carboxylic acids is 1. The number of amides is 1. The summed E-state index contributed by atoms with van der Waals surface area (Å²) < 4.78 is 0. The third kappa shape index (κ3) is 1.91. The molecule has 2 N–H and O–H groups in total. The molecule has 20 heavy (non-hydrogen) atoms. The molecule has 0 saturated carbocycles. The smallest absolute Gasteiger partial charge is 0.253 e. The van der Waals surface area contributed by atoms with E-state index in [1.807, 2.05) is 30.5 Å². The number of nitrogens with zero attached hydrogens (tertiary/aromatic N) is 1. The lowest BCUT2D eigenvalue weighted by atomic mass is 9.84. The summed E-state index contributed by atoms with van der Waals surface area (Å²) in [6, 6.07) is 8.27. The molecule has 4 heterocycles. The molecule has 1 amide bonds. The average Bonchev–Trinajstić information content (AvgIpc) is 2.92. The second kappa shape index (κ2) is 4.63. The quantitative estimate of drug-likeness (QED) is 0.876. The van der Waals surface area contributed by atoms with E-state index < -0.39 is 0 Å². The number of aromatic amines is 1. The van der Waals surface area contributed by atoms with Crippen molar-refractivity contribution >= 4 is 16.8 Å². The molecule has 4 heteroatoms. The number of hydrogen-bond donors (Lipinski definition) is 2. The highest BCUT2D eigenvalue weighted by atomic mass is 16.1. The van der Waals surface area contributed by atoms with Crippen molar-refractivity contribution in [1.29, 1.82) is 0 Å². The number of rotatable bonds is 2. The Balaban J connectivity index is 1.56. The molecule has 3 aliphatic rings. The van der Waals surface area contributed by atoms with Gasteiger partial charge in [-0.1, -0.05) is 18.2 Å².